The zero-order chi connectivity index (χ0) is 11.3. The highest BCUT2D eigenvalue weighted by atomic mass is 16.4. The van der Waals surface area contributed by atoms with Crippen molar-refractivity contribution >= 4 is 11.9 Å². The molecule has 0 saturated carbocycles. The van der Waals surface area contributed by atoms with E-state index in [0.717, 1.165) is 25.9 Å². The molecule has 0 aromatic carbocycles. The first-order valence-corrected chi connectivity index (χ1v) is 5.27. The number of nitrogens with zero attached hydrogens (tertiary/aromatic N) is 1. The van der Waals surface area contributed by atoms with Crippen molar-refractivity contribution in [3.63, 3.8) is 0 Å². The fourth-order valence-electron chi connectivity index (χ4n) is 1.80. The summed E-state index contributed by atoms with van der Waals surface area (Å²) in [6, 6.07) is 0.185. The fourth-order valence-corrected chi connectivity index (χ4v) is 1.80. The molecule has 0 aliphatic carbocycles. The number of likely N-dealkylation sites (N-methyl/N-ethyl adjacent to an activating group) is 1. The average Bonchev–Trinajstić information content (AvgIpc) is 2.15. The molecule has 1 rings (SSSR count). The number of carboxylic acids is 1. The summed E-state index contributed by atoms with van der Waals surface area (Å²) in [7, 11) is 2.02. The molecule has 0 aromatic rings. The number of nitrogens with one attached hydrogen (secondary N) is 1. The van der Waals surface area contributed by atoms with Crippen LogP contribution in [-0.4, -0.2) is 48.1 Å². The van der Waals surface area contributed by atoms with Gasteiger partial charge < -0.3 is 15.3 Å². The topological polar surface area (TPSA) is 69.6 Å². The molecule has 1 fully saturated rings. The third-order valence-electron chi connectivity index (χ3n) is 2.56. The van der Waals surface area contributed by atoms with Crippen LogP contribution in [0, 0.1) is 0 Å². The van der Waals surface area contributed by atoms with Crippen molar-refractivity contribution < 1.29 is 14.7 Å². The molecule has 1 aliphatic rings. The van der Waals surface area contributed by atoms with Crippen LogP contribution in [-0.2, 0) is 9.59 Å². The second-order valence-electron chi connectivity index (χ2n) is 4.06. The second-order valence-corrected chi connectivity index (χ2v) is 4.06. The summed E-state index contributed by atoms with van der Waals surface area (Å²) in [5, 5.41) is 11.3. The van der Waals surface area contributed by atoms with Gasteiger partial charge in [0.1, 0.15) is 0 Å². The Morgan fingerprint density at radius 2 is 2.20 bits per heavy atom. The number of hydrogen-bond acceptors (Lipinski definition) is 3. The Bertz CT molecular complexity index is 243. The summed E-state index contributed by atoms with van der Waals surface area (Å²) in [6.07, 6.45) is 2.06. The molecule has 0 aromatic heterocycles. The predicted molar refractivity (Wildman–Crippen MR) is 55.5 cm³/mol. The number of likely N-dealkylation sites (tertiary alicyclic amines) is 1. The van der Waals surface area contributed by atoms with Crippen LogP contribution in [0.2, 0.25) is 0 Å². The van der Waals surface area contributed by atoms with E-state index < -0.39 is 5.97 Å². The molecule has 1 amide bonds. The molecule has 1 saturated heterocycles. The number of carbonyl (C=O) groups is 2. The van der Waals surface area contributed by atoms with Gasteiger partial charge in [0.25, 0.3) is 0 Å². The van der Waals surface area contributed by atoms with Gasteiger partial charge in [0.15, 0.2) is 0 Å². The molecule has 15 heavy (non-hydrogen) atoms. The van der Waals surface area contributed by atoms with Crippen LogP contribution in [0.5, 0.6) is 0 Å². The van der Waals surface area contributed by atoms with E-state index in [1.165, 1.54) is 0 Å². The Hall–Kier alpha value is -1.10. The Morgan fingerprint density at radius 1 is 1.47 bits per heavy atom. The normalized spacial score (nSPS) is 22.3. The zero-order valence-corrected chi connectivity index (χ0v) is 9.03. The van der Waals surface area contributed by atoms with Gasteiger partial charge in [0.05, 0.1) is 6.42 Å². The molecule has 0 spiro atoms. The lowest BCUT2D eigenvalue weighted by molar-refractivity contribution is -0.139. The molecular formula is C10H18N2O3. The predicted octanol–water partition coefficient (Wildman–Crippen LogP) is 0.0616. The highest BCUT2D eigenvalue weighted by Crippen LogP contribution is 2.08. The van der Waals surface area contributed by atoms with Gasteiger partial charge in [-0.3, -0.25) is 9.59 Å². The molecule has 5 nitrogen and oxygen atoms in total. The van der Waals surface area contributed by atoms with Crippen LogP contribution in [0.25, 0.3) is 0 Å². The van der Waals surface area contributed by atoms with Crippen molar-refractivity contribution in [1.82, 2.24) is 10.2 Å². The lowest BCUT2D eigenvalue weighted by Gasteiger charge is -2.30. The van der Waals surface area contributed by atoms with Crippen molar-refractivity contribution in [3.8, 4) is 0 Å². The number of carbonyl (C=O) groups excluding carboxylic acids is 1. The lowest BCUT2D eigenvalue weighted by Crippen LogP contribution is -2.46. The van der Waals surface area contributed by atoms with Gasteiger partial charge >= 0.3 is 5.97 Å². The standard InChI is InChI=1S/C10H18N2O3/c1-12-6-2-3-8(7-12)11-9(13)4-5-10(14)15/h8H,2-7H2,1H3,(H,11,13)(H,14,15). The minimum absolute atomic E-state index is 0.0789. The van der Waals surface area contributed by atoms with Crippen molar-refractivity contribution in [3.05, 3.63) is 0 Å². The van der Waals surface area contributed by atoms with E-state index >= 15 is 0 Å². The Labute approximate surface area is 89.4 Å². The summed E-state index contributed by atoms with van der Waals surface area (Å²) < 4.78 is 0. The van der Waals surface area contributed by atoms with Gasteiger partial charge in [-0.15, -0.1) is 0 Å². The highest BCUT2D eigenvalue weighted by Gasteiger charge is 2.18. The summed E-state index contributed by atoms with van der Waals surface area (Å²) in [4.78, 5) is 23.8. The molecule has 1 unspecified atom stereocenters. The lowest BCUT2D eigenvalue weighted by atomic mass is 10.1. The first kappa shape index (κ1) is 12.0. The molecule has 5 heteroatoms. The molecule has 1 heterocycles. The number of piperidine rings is 1. The monoisotopic (exact) mass is 214 g/mol. The van der Waals surface area contributed by atoms with E-state index in [1.54, 1.807) is 0 Å². The smallest absolute Gasteiger partial charge is 0.303 e. The summed E-state index contributed by atoms with van der Waals surface area (Å²) in [6.45, 7) is 1.93. The van der Waals surface area contributed by atoms with Crippen LogP contribution < -0.4 is 5.32 Å². The number of carboxylic acid groups (broad SMARTS) is 1. The largest absolute Gasteiger partial charge is 0.481 e. The minimum atomic E-state index is -0.925. The highest BCUT2D eigenvalue weighted by molar-refractivity contribution is 5.80. The third-order valence-corrected chi connectivity index (χ3v) is 2.56. The van der Waals surface area contributed by atoms with Gasteiger partial charge in [0.2, 0.25) is 5.91 Å². The van der Waals surface area contributed by atoms with Crippen molar-refractivity contribution in [1.29, 1.82) is 0 Å². The first-order valence-electron chi connectivity index (χ1n) is 5.27. The zero-order valence-electron chi connectivity index (χ0n) is 9.03. The van der Waals surface area contributed by atoms with Gasteiger partial charge in [-0.2, -0.15) is 0 Å². The molecular weight excluding hydrogens is 196 g/mol. The number of amides is 1. The van der Waals surface area contributed by atoms with E-state index in [-0.39, 0.29) is 24.8 Å². The van der Waals surface area contributed by atoms with E-state index in [4.69, 9.17) is 5.11 Å². The van der Waals surface area contributed by atoms with Gasteiger partial charge in [-0.25, -0.2) is 0 Å². The van der Waals surface area contributed by atoms with Crippen LogP contribution in [0.1, 0.15) is 25.7 Å². The minimum Gasteiger partial charge on any atom is -0.481 e. The fraction of sp³-hybridized carbons (Fsp3) is 0.800. The maximum Gasteiger partial charge on any atom is 0.303 e. The van der Waals surface area contributed by atoms with Crippen LogP contribution in [0.15, 0.2) is 0 Å². The Balaban J connectivity index is 2.22. The maximum absolute atomic E-state index is 11.3. The second kappa shape index (κ2) is 5.70. The molecule has 1 atom stereocenters. The molecule has 1 aliphatic heterocycles. The van der Waals surface area contributed by atoms with Crippen molar-refractivity contribution in [2.24, 2.45) is 0 Å². The number of rotatable bonds is 4. The van der Waals surface area contributed by atoms with Crippen LogP contribution >= 0.6 is 0 Å². The molecule has 86 valence electrons. The van der Waals surface area contributed by atoms with Crippen LogP contribution in [0.3, 0.4) is 0 Å². The first-order chi connectivity index (χ1) is 7.08. The third kappa shape index (κ3) is 4.78. The van der Waals surface area contributed by atoms with E-state index in [9.17, 15) is 9.59 Å². The number of hydrogen-bond donors (Lipinski definition) is 2. The number of aliphatic carboxylic acids is 1. The quantitative estimate of drug-likeness (QED) is 0.694. The maximum atomic E-state index is 11.3. The van der Waals surface area contributed by atoms with Crippen molar-refractivity contribution in [2.45, 2.75) is 31.7 Å². The van der Waals surface area contributed by atoms with E-state index in [0.29, 0.717) is 0 Å². The van der Waals surface area contributed by atoms with Gasteiger partial charge in [-0.1, -0.05) is 0 Å². The average molecular weight is 214 g/mol. The molecule has 2 N–H and O–H groups in total. The van der Waals surface area contributed by atoms with Crippen molar-refractivity contribution in [2.75, 3.05) is 20.1 Å². The molecule has 0 bridgehead atoms. The Morgan fingerprint density at radius 3 is 2.80 bits per heavy atom. The summed E-state index contributed by atoms with van der Waals surface area (Å²) in [5.74, 6) is -1.08. The summed E-state index contributed by atoms with van der Waals surface area (Å²) >= 11 is 0. The van der Waals surface area contributed by atoms with Crippen LogP contribution in [0.4, 0.5) is 0 Å². The SMILES string of the molecule is CN1CCCC(NC(=O)CCC(=O)O)C1. The Kier molecular flexibility index (Phi) is 4.55. The van der Waals surface area contributed by atoms with Gasteiger partial charge in [0, 0.05) is 19.0 Å². The van der Waals surface area contributed by atoms with E-state index in [1.807, 2.05) is 7.05 Å². The summed E-state index contributed by atoms with van der Waals surface area (Å²) in [5.41, 5.74) is 0. The molecule has 0 radical (unpaired) electrons. The van der Waals surface area contributed by atoms with E-state index in [2.05, 4.69) is 10.2 Å². The van der Waals surface area contributed by atoms with Gasteiger partial charge in [-0.05, 0) is 26.4 Å².